The predicted molar refractivity (Wildman–Crippen MR) is 146 cm³/mol. The standard InChI is InChI=1S/C24H44O7Si3/c1-18(17-32-24(30-33(5,6)7)31-34(8,9)10)13-14-29-22(25)12-11-19-15-20(26-2)23(28-4)21(16-19)27-3/h11-12,15-16,18,24H,13-14,17,32H2,1-10H3. The fourth-order valence-corrected chi connectivity index (χ4v) is 10.1. The van der Waals surface area contributed by atoms with Crippen molar-refractivity contribution < 1.29 is 32.6 Å². The molecule has 0 heterocycles. The third kappa shape index (κ3) is 12.2. The Morgan fingerprint density at radius 1 is 0.941 bits per heavy atom. The van der Waals surface area contributed by atoms with Crippen LogP contribution in [-0.4, -0.2) is 66.0 Å². The number of hydrogen-bond acceptors (Lipinski definition) is 7. The minimum atomic E-state index is -1.66. The van der Waals surface area contributed by atoms with Crippen LogP contribution in [0.2, 0.25) is 45.3 Å². The van der Waals surface area contributed by atoms with Gasteiger partial charge in [-0.1, -0.05) is 13.0 Å². The monoisotopic (exact) mass is 528 g/mol. The molecule has 34 heavy (non-hydrogen) atoms. The smallest absolute Gasteiger partial charge is 0.330 e. The van der Waals surface area contributed by atoms with E-state index in [2.05, 4.69) is 46.2 Å². The molecule has 0 spiro atoms. The zero-order valence-electron chi connectivity index (χ0n) is 22.7. The predicted octanol–water partition coefficient (Wildman–Crippen LogP) is 4.87. The lowest BCUT2D eigenvalue weighted by Gasteiger charge is -2.32. The summed E-state index contributed by atoms with van der Waals surface area (Å²) in [6.45, 7) is 15.8. The second-order valence-electron chi connectivity index (χ2n) is 10.3. The van der Waals surface area contributed by atoms with E-state index in [1.54, 1.807) is 39.5 Å². The van der Waals surface area contributed by atoms with Crippen LogP contribution in [0.3, 0.4) is 0 Å². The highest BCUT2D eigenvalue weighted by Crippen LogP contribution is 2.38. The second-order valence-corrected chi connectivity index (χ2v) is 21.1. The van der Waals surface area contributed by atoms with Gasteiger partial charge in [-0.05, 0) is 75.4 Å². The molecule has 0 aliphatic rings. The number of benzene rings is 1. The van der Waals surface area contributed by atoms with Crippen LogP contribution in [0.5, 0.6) is 17.2 Å². The molecule has 0 saturated heterocycles. The number of methoxy groups -OCH3 is 3. The fourth-order valence-electron chi connectivity index (χ4n) is 3.27. The minimum Gasteiger partial charge on any atom is -0.493 e. The van der Waals surface area contributed by atoms with Crippen molar-refractivity contribution in [3.8, 4) is 17.2 Å². The first kappa shape index (κ1) is 30.4. The molecule has 1 aromatic rings. The van der Waals surface area contributed by atoms with Gasteiger partial charge in [-0.2, -0.15) is 0 Å². The van der Waals surface area contributed by atoms with Gasteiger partial charge in [-0.25, -0.2) is 4.79 Å². The quantitative estimate of drug-likeness (QED) is 0.139. The molecule has 0 saturated carbocycles. The number of rotatable bonds is 15. The lowest BCUT2D eigenvalue weighted by Crippen LogP contribution is -2.43. The van der Waals surface area contributed by atoms with E-state index in [1.165, 1.54) is 6.08 Å². The zero-order chi connectivity index (χ0) is 25.9. The van der Waals surface area contributed by atoms with Crippen molar-refractivity contribution in [2.24, 2.45) is 5.92 Å². The molecule has 1 unspecified atom stereocenters. The zero-order valence-corrected chi connectivity index (χ0v) is 26.1. The summed E-state index contributed by atoms with van der Waals surface area (Å²) in [5.41, 5.74) is 0.752. The van der Waals surface area contributed by atoms with Gasteiger partial charge in [0.25, 0.3) is 0 Å². The number of hydrogen-bond donors (Lipinski definition) is 0. The molecule has 0 radical (unpaired) electrons. The van der Waals surface area contributed by atoms with Gasteiger partial charge in [0.15, 0.2) is 28.1 Å². The molecule has 10 heteroatoms. The summed E-state index contributed by atoms with van der Waals surface area (Å²) in [7, 11) is 0.796. The van der Waals surface area contributed by atoms with Crippen LogP contribution in [0, 0.1) is 5.92 Å². The van der Waals surface area contributed by atoms with E-state index in [1.807, 2.05) is 0 Å². The normalized spacial score (nSPS) is 13.6. The molecule has 7 nitrogen and oxygen atoms in total. The van der Waals surface area contributed by atoms with Gasteiger partial charge in [0.1, 0.15) is 5.91 Å². The van der Waals surface area contributed by atoms with Crippen molar-refractivity contribution in [1.29, 1.82) is 0 Å². The highest BCUT2D eigenvalue weighted by molar-refractivity contribution is 6.71. The Balaban J connectivity index is 2.55. The van der Waals surface area contributed by atoms with Crippen LogP contribution in [0.1, 0.15) is 18.9 Å². The summed E-state index contributed by atoms with van der Waals surface area (Å²) in [5, 5.41) is 0. The second kappa shape index (κ2) is 14.1. The van der Waals surface area contributed by atoms with Gasteiger partial charge < -0.3 is 27.8 Å². The van der Waals surface area contributed by atoms with Crippen LogP contribution < -0.4 is 14.2 Å². The average Bonchev–Trinajstić information content (AvgIpc) is 2.73. The number of carbonyl (C=O) groups is 1. The van der Waals surface area contributed by atoms with E-state index in [9.17, 15) is 4.79 Å². The summed E-state index contributed by atoms with van der Waals surface area (Å²) in [6, 6.07) is 4.65. The fraction of sp³-hybridized carbons (Fsp3) is 0.625. The SMILES string of the molecule is COc1cc(C=CC(=O)OCCC(C)C[SiH2]C(O[Si](C)(C)C)O[Si](C)(C)C)cc(OC)c1OC. The molecule has 0 aliphatic carbocycles. The molecule has 1 rings (SSSR count). The third-order valence-corrected chi connectivity index (χ3v) is 9.55. The van der Waals surface area contributed by atoms with Gasteiger partial charge in [-0.3, -0.25) is 0 Å². The molecule has 0 bridgehead atoms. The molecule has 0 aliphatic heterocycles. The topological polar surface area (TPSA) is 72.5 Å². The van der Waals surface area contributed by atoms with Crippen LogP contribution in [0.25, 0.3) is 6.08 Å². The van der Waals surface area contributed by atoms with Crippen molar-refractivity contribution in [2.75, 3.05) is 27.9 Å². The first-order valence-electron chi connectivity index (χ1n) is 11.8. The Kier molecular flexibility index (Phi) is 12.6. The minimum absolute atomic E-state index is 0.00949. The lowest BCUT2D eigenvalue weighted by molar-refractivity contribution is -0.137. The summed E-state index contributed by atoms with van der Waals surface area (Å²) >= 11 is 0. The molecule has 0 N–H and O–H groups in total. The van der Waals surface area contributed by atoms with Crippen molar-refractivity contribution in [3.63, 3.8) is 0 Å². The summed E-state index contributed by atoms with van der Waals surface area (Å²) in [5.74, 6) is 1.64. The molecule has 0 fully saturated rings. The molecule has 0 amide bonds. The Bertz CT molecular complexity index is 760. The van der Waals surface area contributed by atoms with Gasteiger partial charge in [0.05, 0.1) is 37.5 Å². The van der Waals surface area contributed by atoms with Crippen LogP contribution in [0.4, 0.5) is 0 Å². The van der Waals surface area contributed by atoms with E-state index in [-0.39, 0.29) is 11.9 Å². The molecule has 1 aromatic carbocycles. The van der Waals surface area contributed by atoms with Crippen molar-refractivity contribution >= 4 is 38.2 Å². The Morgan fingerprint density at radius 2 is 1.47 bits per heavy atom. The Hall–Kier alpha value is -1.60. The highest BCUT2D eigenvalue weighted by Gasteiger charge is 2.27. The molecule has 194 valence electrons. The largest absolute Gasteiger partial charge is 0.493 e. The lowest BCUT2D eigenvalue weighted by atomic mass is 10.1. The molecule has 1 atom stereocenters. The van der Waals surface area contributed by atoms with Crippen molar-refractivity contribution in [1.82, 2.24) is 0 Å². The van der Waals surface area contributed by atoms with E-state index in [0.29, 0.717) is 29.8 Å². The Labute approximate surface area is 210 Å². The highest BCUT2D eigenvalue weighted by atomic mass is 28.4. The number of ether oxygens (including phenoxy) is 4. The van der Waals surface area contributed by atoms with Crippen LogP contribution in [-0.2, 0) is 18.4 Å². The first-order valence-corrected chi connectivity index (χ1v) is 20.4. The first-order chi connectivity index (χ1) is 15.8. The van der Waals surface area contributed by atoms with Gasteiger partial charge in [0, 0.05) is 6.08 Å². The summed E-state index contributed by atoms with van der Waals surface area (Å²) in [4.78, 5) is 12.2. The van der Waals surface area contributed by atoms with Crippen molar-refractivity contribution in [3.05, 3.63) is 23.8 Å². The van der Waals surface area contributed by atoms with Crippen molar-refractivity contribution in [2.45, 2.75) is 64.6 Å². The molecule has 0 aromatic heterocycles. The maximum atomic E-state index is 12.2. The van der Waals surface area contributed by atoms with Crippen LogP contribution >= 0.6 is 0 Å². The maximum Gasteiger partial charge on any atom is 0.330 e. The summed E-state index contributed by atoms with van der Waals surface area (Å²) in [6.07, 6.45) is 3.91. The average molecular weight is 529 g/mol. The van der Waals surface area contributed by atoms with Crippen LogP contribution in [0.15, 0.2) is 18.2 Å². The number of esters is 1. The van der Waals surface area contributed by atoms with Gasteiger partial charge in [-0.15, -0.1) is 0 Å². The van der Waals surface area contributed by atoms with E-state index < -0.39 is 26.2 Å². The van der Waals surface area contributed by atoms with Gasteiger partial charge in [0.2, 0.25) is 5.75 Å². The molecular weight excluding hydrogens is 485 g/mol. The maximum absolute atomic E-state index is 12.2. The van der Waals surface area contributed by atoms with E-state index in [0.717, 1.165) is 18.0 Å². The van der Waals surface area contributed by atoms with E-state index >= 15 is 0 Å². The third-order valence-electron chi connectivity index (χ3n) is 4.82. The van der Waals surface area contributed by atoms with E-state index in [4.69, 9.17) is 27.8 Å². The molecular formula is C24H44O7Si3. The Morgan fingerprint density at radius 3 is 1.91 bits per heavy atom. The summed E-state index contributed by atoms with van der Waals surface area (Å²) < 4.78 is 34.1. The van der Waals surface area contributed by atoms with Gasteiger partial charge >= 0.3 is 5.97 Å². The number of carbonyl (C=O) groups excluding carboxylic acids is 1.